The van der Waals surface area contributed by atoms with Crippen molar-refractivity contribution in [3.05, 3.63) is 22.3 Å². The van der Waals surface area contributed by atoms with Crippen molar-refractivity contribution in [1.82, 2.24) is 9.88 Å². The minimum Gasteiger partial charge on any atom is -0.357 e. The van der Waals surface area contributed by atoms with Crippen molar-refractivity contribution in [3.63, 3.8) is 0 Å². The van der Waals surface area contributed by atoms with Crippen molar-refractivity contribution in [2.45, 2.75) is 45.4 Å². The Morgan fingerprint density at radius 3 is 2.38 bits per heavy atom. The number of amides is 1. The molecule has 0 aliphatic carbocycles. The Kier molecular flexibility index (Phi) is 7.10. The topological polar surface area (TPSA) is 48.8 Å². The summed E-state index contributed by atoms with van der Waals surface area (Å²) in [6.07, 6.45) is 1.63. The van der Waals surface area contributed by atoms with E-state index < -0.39 is 0 Å². The van der Waals surface area contributed by atoms with Crippen LogP contribution in [-0.2, 0) is 0 Å². The number of pyridine rings is 1. The highest BCUT2D eigenvalue weighted by Gasteiger charge is 2.20. The molecule has 0 spiro atoms. The van der Waals surface area contributed by atoms with Gasteiger partial charge in [0.15, 0.2) is 0 Å². The monoisotopic (exact) mass is 370 g/mol. The molecule has 0 atom stereocenters. The molecule has 1 heterocycles. The van der Waals surface area contributed by atoms with Crippen LogP contribution in [0.15, 0.2) is 10.5 Å². The third kappa shape index (κ3) is 5.67. The molecule has 7 heteroatoms. The van der Waals surface area contributed by atoms with Gasteiger partial charge in [0.25, 0.3) is 5.91 Å². The summed E-state index contributed by atoms with van der Waals surface area (Å²) in [6, 6.07) is 2.02. The van der Waals surface area contributed by atoms with Gasteiger partial charge in [-0.3, -0.25) is 4.79 Å². The summed E-state index contributed by atoms with van der Waals surface area (Å²) in [7, 11) is 5.36. The van der Waals surface area contributed by atoms with E-state index in [1.54, 1.807) is 26.4 Å². The molecule has 0 saturated carbocycles. The van der Waals surface area contributed by atoms with E-state index >= 15 is 0 Å². The molecule has 0 aliphatic heterocycles. The lowest BCUT2D eigenvalue weighted by Gasteiger charge is -2.24. The quantitative estimate of drug-likeness (QED) is 0.444. The molecule has 0 fully saturated rings. The largest absolute Gasteiger partial charge is 0.357 e. The lowest BCUT2D eigenvalue weighted by atomic mass is 10.1. The number of nitrogens with zero attached hydrogens (tertiary/aromatic N) is 4. The van der Waals surface area contributed by atoms with Crippen LogP contribution in [0.5, 0.6) is 0 Å². The van der Waals surface area contributed by atoms with Crippen LogP contribution in [0.3, 0.4) is 0 Å². The van der Waals surface area contributed by atoms with Gasteiger partial charge in [-0.05, 0) is 52.6 Å². The normalized spacial score (nSPS) is 12.1. The average Bonchev–Trinajstić information content (AvgIpc) is 2.45. The molecule has 1 amide bonds. The summed E-state index contributed by atoms with van der Waals surface area (Å²) in [5.41, 5.74) is 1.05. The van der Waals surface area contributed by atoms with Gasteiger partial charge in [0.05, 0.1) is 5.56 Å². The number of aromatic nitrogens is 1. The number of hydrogen-bond acceptors (Lipinski definition) is 5. The molecule has 5 nitrogen and oxygen atoms in total. The van der Waals surface area contributed by atoms with Crippen LogP contribution in [-0.4, -0.2) is 53.9 Å². The number of carbonyl (C=O) groups is 1. The Bertz CT molecular complexity index is 624. The standard InChI is InChI=1S/C17H27ClN4OS/c1-11(2)22(8)14-9-12(16(23)21(6)7)13(15(18)20-14)10-19-24-17(3,4)5/h9-11H,1-8H3/b19-10+. The predicted molar refractivity (Wildman–Crippen MR) is 106 cm³/mol. The van der Waals surface area contributed by atoms with Gasteiger partial charge in [-0.1, -0.05) is 11.6 Å². The Balaban J connectivity index is 3.38. The molecule has 1 aromatic rings. The fourth-order valence-electron chi connectivity index (χ4n) is 1.73. The van der Waals surface area contributed by atoms with E-state index in [-0.39, 0.29) is 21.8 Å². The van der Waals surface area contributed by atoms with Crippen LogP contribution in [0, 0.1) is 0 Å². The van der Waals surface area contributed by atoms with Gasteiger partial charge in [0.2, 0.25) is 0 Å². The second-order valence-electron chi connectivity index (χ2n) is 7.07. The van der Waals surface area contributed by atoms with E-state index in [9.17, 15) is 4.79 Å². The van der Waals surface area contributed by atoms with Gasteiger partial charge in [-0.25, -0.2) is 9.38 Å². The first-order chi connectivity index (χ1) is 10.9. The maximum Gasteiger partial charge on any atom is 0.254 e. The van der Waals surface area contributed by atoms with Gasteiger partial charge in [0, 0.05) is 43.7 Å². The molecule has 0 aliphatic rings. The number of rotatable bonds is 5. The lowest BCUT2D eigenvalue weighted by molar-refractivity contribution is 0.0827. The molecule has 0 radical (unpaired) electrons. The van der Waals surface area contributed by atoms with E-state index in [0.717, 1.165) is 0 Å². The van der Waals surface area contributed by atoms with Crippen LogP contribution in [0.25, 0.3) is 0 Å². The van der Waals surface area contributed by atoms with E-state index in [0.29, 0.717) is 16.9 Å². The summed E-state index contributed by atoms with van der Waals surface area (Å²) in [6.45, 7) is 10.3. The second kappa shape index (κ2) is 8.21. The Hall–Kier alpha value is -1.27. The molecule has 0 bridgehead atoms. The predicted octanol–water partition coefficient (Wildman–Crippen LogP) is 4.15. The first-order valence-corrected chi connectivity index (χ1v) is 8.95. The van der Waals surface area contributed by atoms with Crippen molar-refractivity contribution in [1.29, 1.82) is 0 Å². The Morgan fingerprint density at radius 1 is 1.33 bits per heavy atom. The van der Waals surface area contributed by atoms with Gasteiger partial charge >= 0.3 is 0 Å². The van der Waals surface area contributed by atoms with E-state index in [1.807, 2.05) is 11.9 Å². The van der Waals surface area contributed by atoms with Gasteiger partial charge in [0.1, 0.15) is 11.0 Å². The Morgan fingerprint density at radius 2 is 1.92 bits per heavy atom. The maximum absolute atomic E-state index is 12.6. The number of carbonyl (C=O) groups excluding carboxylic acids is 1. The third-order valence-corrected chi connectivity index (χ3v) is 4.33. The molecule has 0 aromatic carbocycles. The first-order valence-electron chi connectivity index (χ1n) is 7.80. The van der Waals surface area contributed by atoms with Crippen molar-refractivity contribution >= 4 is 41.5 Å². The highest BCUT2D eigenvalue weighted by molar-refractivity contribution is 7.99. The third-order valence-electron chi connectivity index (χ3n) is 3.28. The van der Waals surface area contributed by atoms with E-state index in [1.165, 1.54) is 16.8 Å². The molecule has 0 N–H and O–H groups in total. The minimum atomic E-state index is -0.125. The van der Waals surface area contributed by atoms with Crippen LogP contribution < -0.4 is 4.90 Å². The van der Waals surface area contributed by atoms with Crippen molar-refractivity contribution in [2.75, 3.05) is 26.0 Å². The number of anilines is 1. The van der Waals surface area contributed by atoms with E-state index in [4.69, 9.17) is 11.6 Å². The van der Waals surface area contributed by atoms with Crippen LogP contribution in [0.2, 0.25) is 5.15 Å². The molecule has 0 unspecified atom stereocenters. The summed E-state index contributed by atoms with van der Waals surface area (Å²) in [5.74, 6) is 0.542. The smallest absolute Gasteiger partial charge is 0.254 e. The highest BCUT2D eigenvalue weighted by atomic mass is 35.5. The number of halogens is 1. The molecular formula is C17H27ClN4OS. The summed E-state index contributed by atoms with van der Waals surface area (Å²) in [5, 5.41) is 0.281. The molecule has 24 heavy (non-hydrogen) atoms. The second-order valence-corrected chi connectivity index (χ2v) is 9.05. The minimum absolute atomic E-state index is 0.0140. The summed E-state index contributed by atoms with van der Waals surface area (Å²) >= 11 is 7.80. The van der Waals surface area contributed by atoms with Crippen molar-refractivity contribution in [2.24, 2.45) is 4.40 Å². The molecule has 0 saturated heterocycles. The van der Waals surface area contributed by atoms with E-state index in [2.05, 4.69) is 44.0 Å². The van der Waals surface area contributed by atoms with Gasteiger partial charge in [-0.15, -0.1) is 0 Å². The highest BCUT2D eigenvalue weighted by Crippen LogP contribution is 2.27. The fourth-order valence-corrected chi connectivity index (χ4v) is 2.45. The van der Waals surface area contributed by atoms with Crippen molar-refractivity contribution in [3.8, 4) is 0 Å². The zero-order chi connectivity index (χ0) is 18.7. The molecule has 134 valence electrons. The molecule has 1 aromatic heterocycles. The fraction of sp³-hybridized carbons (Fsp3) is 0.588. The lowest BCUT2D eigenvalue weighted by Crippen LogP contribution is -2.28. The zero-order valence-electron chi connectivity index (χ0n) is 15.7. The maximum atomic E-state index is 12.6. The molecule has 1 rings (SSSR count). The summed E-state index contributed by atoms with van der Waals surface area (Å²) < 4.78 is 4.35. The first kappa shape index (κ1) is 20.8. The number of hydrogen-bond donors (Lipinski definition) is 0. The van der Waals surface area contributed by atoms with Crippen molar-refractivity contribution < 1.29 is 4.79 Å². The van der Waals surface area contributed by atoms with Gasteiger partial charge in [-0.2, -0.15) is 0 Å². The Labute approximate surface area is 154 Å². The van der Waals surface area contributed by atoms with Crippen LogP contribution in [0.4, 0.5) is 5.82 Å². The average molecular weight is 371 g/mol. The van der Waals surface area contributed by atoms with Gasteiger partial charge < -0.3 is 9.80 Å². The van der Waals surface area contributed by atoms with Crippen LogP contribution >= 0.6 is 23.5 Å². The molecular weight excluding hydrogens is 344 g/mol. The zero-order valence-corrected chi connectivity index (χ0v) is 17.3. The summed E-state index contributed by atoms with van der Waals surface area (Å²) in [4.78, 5) is 20.5. The SMILES string of the molecule is CC(C)N(C)c1cc(C(=O)N(C)C)c(/C=N/SC(C)(C)C)c(Cl)n1. The van der Waals surface area contributed by atoms with Crippen LogP contribution in [0.1, 0.15) is 50.5 Å².